The second-order valence-corrected chi connectivity index (χ2v) is 7.66. The third kappa shape index (κ3) is 4.42. The van der Waals surface area contributed by atoms with Gasteiger partial charge in [0.1, 0.15) is 5.69 Å². The van der Waals surface area contributed by atoms with Gasteiger partial charge >= 0.3 is 0 Å². The summed E-state index contributed by atoms with van der Waals surface area (Å²) in [7, 11) is 1.49. The van der Waals surface area contributed by atoms with Crippen LogP contribution < -0.4 is 20.3 Å². The summed E-state index contributed by atoms with van der Waals surface area (Å²) < 4.78 is 18.0. The number of ether oxygens (including phenoxy) is 2. The lowest BCUT2D eigenvalue weighted by Gasteiger charge is -2.12. The average molecular weight is 463 g/mol. The van der Waals surface area contributed by atoms with Crippen molar-refractivity contribution in [2.75, 3.05) is 13.7 Å². The number of hydrazine groups is 1. The first-order chi connectivity index (χ1) is 16.4. The zero-order valence-electron chi connectivity index (χ0n) is 19.3. The largest absolute Gasteiger partial charge is 0.493 e. The van der Waals surface area contributed by atoms with Crippen LogP contribution in [0.2, 0.25) is 0 Å². The number of fused-ring (bicyclic) bond motifs is 1. The van der Waals surface area contributed by atoms with E-state index in [1.54, 1.807) is 47.3 Å². The standard InChI is InChI=1S/C24H25N5O5/c1-5-33-20-9-8-15(11-21(20)32-4)23(30)27-28-24(31)16-12-18(19-7-6-10-34-19)26-22-17(16)13-25-29(22)14(2)3/h6-14H,5H2,1-4H3,(H,27,30)(H,28,31). The smallest absolute Gasteiger partial charge is 0.270 e. The fourth-order valence-electron chi connectivity index (χ4n) is 3.47. The van der Waals surface area contributed by atoms with Gasteiger partial charge in [-0.3, -0.25) is 20.4 Å². The lowest BCUT2D eigenvalue weighted by Crippen LogP contribution is -2.41. The summed E-state index contributed by atoms with van der Waals surface area (Å²) in [5, 5.41) is 4.93. The third-order valence-electron chi connectivity index (χ3n) is 5.09. The number of methoxy groups -OCH3 is 1. The van der Waals surface area contributed by atoms with E-state index in [1.807, 2.05) is 20.8 Å². The molecule has 176 valence electrons. The van der Waals surface area contributed by atoms with Crippen molar-refractivity contribution in [3.05, 3.63) is 60.0 Å². The fourth-order valence-corrected chi connectivity index (χ4v) is 3.47. The Kier molecular flexibility index (Phi) is 6.48. The minimum atomic E-state index is -0.519. The third-order valence-corrected chi connectivity index (χ3v) is 5.09. The maximum absolute atomic E-state index is 13.1. The molecule has 0 radical (unpaired) electrons. The van der Waals surface area contributed by atoms with Gasteiger partial charge in [0.25, 0.3) is 11.8 Å². The molecule has 0 unspecified atom stereocenters. The molecule has 10 nitrogen and oxygen atoms in total. The molecule has 0 fully saturated rings. The first-order valence-electron chi connectivity index (χ1n) is 10.8. The van der Waals surface area contributed by atoms with Crippen LogP contribution in [0.4, 0.5) is 0 Å². The molecule has 0 atom stereocenters. The molecule has 34 heavy (non-hydrogen) atoms. The number of amides is 2. The van der Waals surface area contributed by atoms with Crippen molar-refractivity contribution in [1.82, 2.24) is 25.6 Å². The van der Waals surface area contributed by atoms with Crippen LogP contribution in [0.15, 0.2) is 53.3 Å². The Morgan fingerprint density at radius 1 is 1.12 bits per heavy atom. The van der Waals surface area contributed by atoms with Gasteiger partial charge in [-0.05, 0) is 57.2 Å². The Bertz CT molecular complexity index is 1330. The Hall–Kier alpha value is -4.34. The Morgan fingerprint density at radius 2 is 1.91 bits per heavy atom. The predicted molar refractivity (Wildman–Crippen MR) is 125 cm³/mol. The van der Waals surface area contributed by atoms with Crippen molar-refractivity contribution in [2.45, 2.75) is 26.8 Å². The topological polar surface area (TPSA) is 121 Å². The lowest BCUT2D eigenvalue weighted by molar-refractivity contribution is 0.0847. The summed E-state index contributed by atoms with van der Waals surface area (Å²) in [6.07, 6.45) is 3.12. The van der Waals surface area contributed by atoms with Gasteiger partial charge in [-0.15, -0.1) is 0 Å². The normalized spacial score (nSPS) is 11.0. The maximum Gasteiger partial charge on any atom is 0.270 e. The van der Waals surface area contributed by atoms with E-state index in [0.717, 1.165) is 0 Å². The minimum Gasteiger partial charge on any atom is -0.493 e. The van der Waals surface area contributed by atoms with E-state index in [2.05, 4.69) is 20.9 Å². The van der Waals surface area contributed by atoms with Gasteiger partial charge in [0.15, 0.2) is 22.9 Å². The molecule has 0 spiro atoms. The second kappa shape index (κ2) is 9.65. The maximum atomic E-state index is 13.1. The van der Waals surface area contributed by atoms with E-state index in [0.29, 0.717) is 51.7 Å². The van der Waals surface area contributed by atoms with Crippen molar-refractivity contribution in [2.24, 2.45) is 0 Å². The molecule has 2 N–H and O–H groups in total. The number of benzene rings is 1. The minimum absolute atomic E-state index is 0.0297. The van der Waals surface area contributed by atoms with Gasteiger partial charge in [-0.2, -0.15) is 5.10 Å². The number of nitrogens with zero attached hydrogens (tertiary/aromatic N) is 3. The number of carbonyl (C=O) groups excluding carboxylic acids is 2. The Morgan fingerprint density at radius 3 is 2.59 bits per heavy atom. The summed E-state index contributed by atoms with van der Waals surface area (Å²) in [5.74, 6) is 0.426. The number of rotatable bonds is 7. The van der Waals surface area contributed by atoms with Gasteiger partial charge in [0.2, 0.25) is 0 Å². The van der Waals surface area contributed by atoms with E-state index in [9.17, 15) is 9.59 Å². The summed E-state index contributed by atoms with van der Waals surface area (Å²) in [6.45, 7) is 6.26. The molecule has 0 saturated carbocycles. The van der Waals surface area contributed by atoms with Crippen molar-refractivity contribution < 1.29 is 23.5 Å². The molecule has 4 aromatic rings. The van der Waals surface area contributed by atoms with Crippen LogP contribution in [0.3, 0.4) is 0 Å². The van der Waals surface area contributed by atoms with Crippen LogP contribution in [0.25, 0.3) is 22.5 Å². The number of aromatic nitrogens is 3. The summed E-state index contributed by atoms with van der Waals surface area (Å²) >= 11 is 0. The van der Waals surface area contributed by atoms with Crippen LogP contribution in [-0.2, 0) is 0 Å². The van der Waals surface area contributed by atoms with E-state index in [1.165, 1.54) is 13.4 Å². The van der Waals surface area contributed by atoms with Crippen molar-refractivity contribution in [1.29, 1.82) is 0 Å². The fraction of sp³-hybridized carbons (Fsp3) is 0.250. The molecule has 2 amide bonds. The molecule has 4 rings (SSSR count). The number of nitrogens with one attached hydrogen (secondary N) is 2. The highest BCUT2D eigenvalue weighted by Gasteiger charge is 2.20. The molecule has 3 heterocycles. The highest BCUT2D eigenvalue weighted by molar-refractivity contribution is 6.07. The van der Waals surface area contributed by atoms with E-state index >= 15 is 0 Å². The van der Waals surface area contributed by atoms with Crippen LogP contribution in [-0.4, -0.2) is 40.3 Å². The molecule has 10 heteroatoms. The molecular formula is C24H25N5O5. The first-order valence-corrected chi connectivity index (χ1v) is 10.8. The second-order valence-electron chi connectivity index (χ2n) is 7.66. The zero-order valence-corrected chi connectivity index (χ0v) is 19.3. The molecule has 3 aromatic heterocycles. The van der Waals surface area contributed by atoms with Crippen LogP contribution in [0.1, 0.15) is 47.5 Å². The number of hydrogen-bond acceptors (Lipinski definition) is 7. The van der Waals surface area contributed by atoms with Crippen LogP contribution >= 0.6 is 0 Å². The molecule has 0 aliphatic rings. The highest BCUT2D eigenvalue weighted by atomic mass is 16.5. The number of furan rings is 1. The van der Waals surface area contributed by atoms with Gasteiger partial charge in [-0.25, -0.2) is 9.67 Å². The summed E-state index contributed by atoms with van der Waals surface area (Å²) in [4.78, 5) is 30.4. The van der Waals surface area contributed by atoms with Crippen LogP contribution in [0, 0.1) is 0 Å². The molecule has 1 aromatic carbocycles. The van der Waals surface area contributed by atoms with Gasteiger partial charge < -0.3 is 13.9 Å². The monoisotopic (exact) mass is 463 g/mol. The van der Waals surface area contributed by atoms with Gasteiger partial charge in [-0.1, -0.05) is 0 Å². The van der Waals surface area contributed by atoms with Crippen molar-refractivity contribution in [3.63, 3.8) is 0 Å². The van der Waals surface area contributed by atoms with Gasteiger partial charge in [0.05, 0.1) is 37.1 Å². The molecular weight excluding hydrogens is 438 g/mol. The van der Waals surface area contributed by atoms with E-state index in [4.69, 9.17) is 13.9 Å². The van der Waals surface area contributed by atoms with Gasteiger partial charge in [0, 0.05) is 11.6 Å². The summed E-state index contributed by atoms with van der Waals surface area (Å²) in [5.41, 5.74) is 6.53. The summed E-state index contributed by atoms with van der Waals surface area (Å²) in [6, 6.07) is 9.90. The van der Waals surface area contributed by atoms with Crippen molar-refractivity contribution >= 4 is 22.8 Å². The first kappa shape index (κ1) is 22.8. The Balaban J connectivity index is 1.60. The average Bonchev–Trinajstić information content (AvgIpc) is 3.52. The van der Waals surface area contributed by atoms with E-state index < -0.39 is 11.8 Å². The number of carbonyl (C=O) groups is 2. The van der Waals surface area contributed by atoms with Crippen LogP contribution in [0.5, 0.6) is 11.5 Å². The zero-order chi connectivity index (χ0) is 24.2. The lowest BCUT2D eigenvalue weighted by atomic mass is 10.1. The quantitative estimate of drug-likeness (QED) is 0.400. The highest BCUT2D eigenvalue weighted by Crippen LogP contribution is 2.28. The molecule has 0 aliphatic carbocycles. The SMILES string of the molecule is CCOc1ccc(C(=O)NNC(=O)c2cc(-c3ccco3)nc3c2cnn3C(C)C)cc1OC. The van der Waals surface area contributed by atoms with E-state index in [-0.39, 0.29) is 6.04 Å². The van der Waals surface area contributed by atoms with Crippen molar-refractivity contribution in [3.8, 4) is 23.0 Å². The molecule has 0 aliphatic heterocycles. The number of hydrogen-bond donors (Lipinski definition) is 2. The molecule has 0 saturated heterocycles. The number of pyridine rings is 1. The Labute approximate surface area is 195 Å². The molecule has 0 bridgehead atoms. The predicted octanol–water partition coefficient (Wildman–Crippen LogP) is 3.75.